The van der Waals surface area contributed by atoms with E-state index in [-0.39, 0.29) is 12.4 Å². The molecule has 1 atom stereocenters. The Labute approximate surface area is 125 Å². The third-order valence-corrected chi connectivity index (χ3v) is 4.20. The van der Waals surface area contributed by atoms with Crippen molar-refractivity contribution in [1.82, 2.24) is 0 Å². The zero-order chi connectivity index (χ0) is 14.1. The average Bonchev–Trinajstić information content (AvgIpc) is 2.67. The Balaban J connectivity index is 2.42. The van der Waals surface area contributed by atoms with Crippen molar-refractivity contribution in [3.05, 3.63) is 22.2 Å². The Morgan fingerprint density at radius 3 is 2.68 bits per heavy atom. The molecule has 1 unspecified atom stereocenters. The van der Waals surface area contributed by atoms with Crippen LogP contribution < -0.4 is 0 Å². The highest BCUT2D eigenvalue weighted by molar-refractivity contribution is 9.12. The minimum Gasteiger partial charge on any atom is -0.396 e. The van der Waals surface area contributed by atoms with Gasteiger partial charge in [-0.1, -0.05) is 44.8 Å². The SMILES string of the molecule is CCCCC1C=C(Br)C(=O)C1=CCCCCCCO. The van der Waals surface area contributed by atoms with E-state index in [2.05, 4.69) is 35.0 Å². The molecule has 0 amide bonds. The molecule has 2 nitrogen and oxygen atoms in total. The summed E-state index contributed by atoms with van der Waals surface area (Å²) in [6.07, 6.45) is 12.8. The second-order valence-electron chi connectivity index (χ2n) is 5.18. The van der Waals surface area contributed by atoms with Gasteiger partial charge in [0.2, 0.25) is 0 Å². The van der Waals surface area contributed by atoms with E-state index in [4.69, 9.17) is 5.11 Å². The smallest absolute Gasteiger partial charge is 0.195 e. The maximum absolute atomic E-state index is 12.0. The Kier molecular flexibility index (Phi) is 8.31. The first-order valence-electron chi connectivity index (χ1n) is 7.43. The molecule has 0 aromatic carbocycles. The first-order chi connectivity index (χ1) is 9.20. The molecule has 0 saturated heterocycles. The van der Waals surface area contributed by atoms with Gasteiger partial charge in [-0.15, -0.1) is 0 Å². The molecule has 3 heteroatoms. The molecular formula is C16H25BrO2. The van der Waals surface area contributed by atoms with Gasteiger partial charge in [0.25, 0.3) is 0 Å². The number of carbonyl (C=O) groups excluding carboxylic acids is 1. The van der Waals surface area contributed by atoms with Gasteiger partial charge in [-0.3, -0.25) is 4.79 Å². The molecular weight excluding hydrogens is 304 g/mol. The lowest BCUT2D eigenvalue weighted by atomic mass is 9.95. The number of aliphatic hydroxyl groups excluding tert-OH is 1. The number of allylic oxidation sites excluding steroid dienone is 4. The van der Waals surface area contributed by atoms with Gasteiger partial charge in [-0.25, -0.2) is 0 Å². The Hall–Kier alpha value is -0.410. The van der Waals surface area contributed by atoms with Crippen molar-refractivity contribution in [2.45, 2.75) is 58.3 Å². The first-order valence-corrected chi connectivity index (χ1v) is 8.23. The number of hydrogen-bond donors (Lipinski definition) is 1. The molecule has 0 bridgehead atoms. The lowest BCUT2D eigenvalue weighted by Gasteiger charge is -2.09. The molecule has 0 aromatic heterocycles. The minimum atomic E-state index is 0.177. The highest BCUT2D eigenvalue weighted by atomic mass is 79.9. The summed E-state index contributed by atoms with van der Waals surface area (Å²) in [4.78, 5) is 12.0. The van der Waals surface area contributed by atoms with Gasteiger partial charge in [0.1, 0.15) is 0 Å². The molecule has 1 aliphatic rings. The van der Waals surface area contributed by atoms with Crippen LogP contribution in [0.25, 0.3) is 0 Å². The maximum atomic E-state index is 12.0. The van der Waals surface area contributed by atoms with E-state index in [1.165, 1.54) is 12.8 Å². The number of unbranched alkanes of at least 4 members (excludes halogenated alkanes) is 5. The molecule has 0 saturated carbocycles. The monoisotopic (exact) mass is 328 g/mol. The van der Waals surface area contributed by atoms with Crippen molar-refractivity contribution >= 4 is 21.7 Å². The van der Waals surface area contributed by atoms with Crippen LogP contribution in [0.2, 0.25) is 0 Å². The van der Waals surface area contributed by atoms with Crippen LogP contribution in [0.5, 0.6) is 0 Å². The standard InChI is InChI=1S/C16H25BrO2/c1-2-3-9-13-12-15(17)16(19)14(13)10-7-5-4-6-8-11-18/h10,12-13,18H,2-9,11H2,1H3. The van der Waals surface area contributed by atoms with E-state index in [0.717, 1.165) is 48.6 Å². The summed E-state index contributed by atoms with van der Waals surface area (Å²) >= 11 is 3.36. The fourth-order valence-electron chi connectivity index (χ4n) is 2.42. The highest BCUT2D eigenvalue weighted by Crippen LogP contribution is 2.33. The number of hydrogen-bond acceptors (Lipinski definition) is 2. The molecule has 0 aromatic rings. The van der Waals surface area contributed by atoms with Crippen molar-refractivity contribution in [3.63, 3.8) is 0 Å². The summed E-state index contributed by atoms with van der Waals surface area (Å²) in [6.45, 7) is 2.47. The summed E-state index contributed by atoms with van der Waals surface area (Å²) in [6, 6.07) is 0. The topological polar surface area (TPSA) is 37.3 Å². The van der Waals surface area contributed by atoms with Crippen molar-refractivity contribution in [1.29, 1.82) is 0 Å². The zero-order valence-corrected chi connectivity index (χ0v) is 13.4. The quantitative estimate of drug-likeness (QED) is 0.499. The van der Waals surface area contributed by atoms with E-state index in [1.807, 2.05) is 0 Å². The van der Waals surface area contributed by atoms with Gasteiger partial charge < -0.3 is 5.11 Å². The normalized spacial score (nSPS) is 21.2. The van der Waals surface area contributed by atoms with E-state index < -0.39 is 0 Å². The highest BCUT2D eigenvalue weighted by Gasteiger charge is 2.27. The van der Waals surface area contributed by atoms with Gasteiger partial charge in [0, 0.05) is 18.1 Å². The van der Waals surface area contributed by atoms with Gasteiger partial charge in [-0.05, 0) is 41.6 Å². The summed E-state index contributed by atoms with van der Waals surface area (Å²) in [5.41, 5.74) is 0.988. The van der Waals surface area contributed by atoms with E-state index in [1.54, 1.807) is 0 Å². The van der Waals surface area contributed by atoms with Gasteiger partial charge >= 0.3 is 0 Å². The van der Waals surface area contributed by atoms with Gasteiger partial charge in [0.05, 0.1) is 4.48 Å². The molecule has 0 radical (unpaired) electrons. The molecule has 1 N–H and O–H groups in total. The van der Waals surface area contributed by atoms with Gasteiger partial charge in [-0.2, -0.15) is 0 Å². The van der Waals surface area contributed by atoms with Crippen LogP contribution in [-0.2, 0) is 4.79 Å². The Morgan fingerprint density at radius 2 is 2.00 bits per heavy atom. The molecule has 0 heterocycles. The van der Waals surface area contributed by atoms with Crippen molar-refractivity contribution in [3.8, 4) is 0 Å². The summed E-state index contributed by atoms with van der Waals surface area (Å²) < 4.78 is 0.736. The summed E-state index contributed by atoms with van der Waals surface area (Å²) in [5.74, 6) is 0.496. The van der Waals surface area contributed by atoms with E-state index in [0.29, 0.717) is 5.92 Å². The number of halogens is 1. The summed E-state index contributed by atoms with van der Waals surface area (Å²) in [7, 11) is 0. The van der Waals surface area contributed by atoms with Gasteiger partial charge in [0.15, 0.2) is 5.78 Å². The first kappa shape index (κ1) is 16.6. The molecule has 108 valence electrons. The number of Topliss-reactive ketones (excluding diaryl/α,β-unsaturated/α-hetero) is 1. The predicted octanol–water partition coefficient (Wildman–Crippen LogP) is 4.52. The predicted molar refractivity (Wildman–Crippen MR) is 83.3 cm³/mol. The average molecular weight is 329 g/mol. The van der Waals surface area contributed by atoms with Crippen LogP contribution in [0, 0.1) is 5.92 Å². The van der Waals surface area contributed by atoms with E-state index >= 15 is 0 Å². The van der Waals surface area contributed by atoms with Crippen LogP contribution in [0.3, 0.4) is 0 Å². The van der Waals surface area contributed by atoms with Crippen LogP contribution in [0.15, 0.2) is 22.2 Å². The van der Waals surface area contributed by atoms with Crippen LogP contribution >= 0.6 is 15.9 Å². The largest absolute Gasteiger partial charge is 0.396 e. The molecule has 1 rings (SSSR count). The molecule has 0 aliphatic heterocycles. The number of rotatable bonds is 9. The maximum Gasteiger partial charge on any atom is 0.195 e. The van der Waals surface area contributed by atoms with Crippen LogP contribution in [-0.4, -0.2) is 17.5 Å². The third kappa shape index (κ3) is 5.62. The third-order valence-electron chi connectivity index (χ3n) is 3.57. The van der Waals surface area contributed by atoms with Crippen LogP contribution in [0.1, 0.15) is 58.3 Å². The number of carbonyl (C=O) groups is 1. The second kappa shape index (κ2) is 9.49. The lowest BCUT2D eigenvalue weighted by Crippen LogP contribution is -2.03. The Bertz CT molecular complexity index is 345. The fourth-order valence-corrected chi connectivity index (χ4v) is 2.97. The van der Waals surface area contributed by atoms with Crippen molar-refractivity contribution < 1.29 is 9.90 Å². The second-order valence-corrected chi connectivity index (χ2v) is 6.03. The molecule has 0 fully saturated rings. The number of aliphatic hydroxyl groups is 1. The van der Waals surface area contributed by atoms with Crippen molar-refractivity contribution in [2.75, 3.05) is 6.61 Å². The fraction of sp³-hybridized carbons (Fsp3) is 0.688. The Morgan fingerprint density at radius 1 is 1.26 bits per heavy atom. The van der Waals surface area contributed by atoms with Crippen LogP contribution in [0.4, 0.5) is 0 Å². The lowest BCUT2D eigenvalue weighted by molar-refractivity contribution is -0.111. The number of ketones is 1. The molecule has 19 heavy (non-hydrogen) atoms. The summed E-state index contributed by atoms with van der Waals surface area (Å²) in [5, 5.41) is 8.71. The minimum absolute atomic E-state index is 0.177. The molecule has 0 spiro atoms. The zero-order valence-electron chi connectivity index (χ0n) is 11.8. The van der Waals surface area contributed by atoms with Crippen molar-refractivity contribution in [2.24, 2.45) is 5.92 Å². The van der Waals surface area contributed by atoms with E-state index in [9.17, 15) is 4.79 Å². The molecule has 1 aliphatic carbocycles.